The van der Waals surface area contributed by atoms with Gasteiger partial charge in [0, 0.05) is 22.2 Å². The van der Waals surface area contributed by atoms with Crippen LogP contribution in [0.3, 0.4) is 0 Å². The predicted molar refractivity (Wildman–Crippen MR) is 127 cm³/mol. The molecule has 0 heterocycles. The Labute approximate surface area is 192 Å². The van der Waals surface area contributed by atoms with E-state index in [9.17, 15) is 13.2 Å². The van der Waals surface area contributed by atoms with Crippen molar-refractivity contribution in [2.24, 2.45) is 0 Å². The molecule has 3 rings (SSSR count). The van der Waals surface area contributed by atoms with E-state index >= 15 is 0 Å². The van der Waals surface area contributed by atoms with E-state index in [0.717, 1.165) is 16.0 Å². The van der Waals surface area contributed by atoms with Crippen LogP contribution in [0.15, 0.2) is 82.6 Å². The van der Waals surface area contributed by atoms with Gasteiger partial charge in [-0.15, -0.1) is 11.8 Å². The van der Waals surface area contributed by atoms with Crippen LogP contribution in [0.4, 0.5) is 5.69 Å². The molecule has 0 aromatic heterocycles. The summed E-state index contributed by atoms with van der Waals surface area (Å²) in [6.07, 6.45) is 1.95. The number of amides is 1. The zero-order valence-corrected chi connectivity index (χ0v) is 19.6. The molecule has 0 saturated heterocycles. The molecule has 0 fully saturated rings. The van der Waals surface area contributed by atoms with E-state index in [1.165, 1.54) is 4.31 Å². The Kier molecular flexibility index (Phi) is 7.78. The topological polar surface area (TPSA) is 66.5 Å². The first-order chi connectivity index (χ1) is 14.8. The molecule has 0 radical (unpaired) electrons. The normalized spacial score (nSPS) is 11.5. The molecule has 1 N–H and O–H groups in total. The minimum atomic E-state index is -3.89. The number of benzene rings is 3. The Morgan fingerprint density at radius 3 is 2.35 bits per heavy atom. The summed E-state index contributed by atoms with van der Waals surface area (Å²) in [6.45, 7) is 1.62. The predicted octanol–water partition coefficient (Wildman–Crippen LogP) is 5.20. The number of anilines is 1. The maximum absolute atomic E-state index is 13.3. The van der Waals surface area contributed by atoms with Crippen LogP contribution in [-0.4, -0.2) is 31.4 Å². The molecule has 1 amide bonds. The van der Waals surface area contributed by atoms with Crippen LogP contribution >= 0.6 is 23.4 Å². The van der Waals surface area contributed by atoms with Crippen molar-refractivity contribution in [3.8, 4) is 0 Å². The van der Waals surface area contributed by atoms with Gasteiger partial charge in [-0.3, -0.25) is 4.79 Å². The highest BCUT2D eigenvalue weighted by Gasteiger charge is 2.27. The van der Waals surface area contributed by atoms with Gasteiger partial charge in [0.25, 0.3) is 0 Å². The summed E-state index contributed by atoms with van der Waals surface area (Å²) in [5.74, 6) is -0.414. The van der Waals surface area contributed by atoms with Gasteiger partial charge in [-0.1, -0.05) is 47.5 Å². The number of halogens is 1. The van der Waals surface area contributed by atoms with E-state index in [4.69, 9.17) is 11.6 Å². The second-order valence-electron chi connectivity index (χ2n) is 6.99. The lowest BCUT2D eigenvalue weighted by atomic mass is 10.2. The third-order valence-electron chi connectivity index (χ3n) is 4.60. The first kappa shape index (κ1) is 23.3. The summed E-state index contributed by atoms with van der Waals surface area (Å²) in [6, 6.07) is 20.9. The van der Waals surface area contributed by atoms with Crippen molar-refractivity contribution >= 4 is 45.0 Å². The van der Waals surface area contributed by atoms with Crippen molar-refractivity contribution in [3.63, 3.8) is 0 Å². The van der Waals surface area contributed by atoms with Crippen LogP contribution in [-0.2, 0) is 21.4 Å². The summed E-state index contributed by atoms with van der Waals surface area (Å²) < 4.78 is 27.8. The lowest BCUT2D eigenvalue weighted by Crippen LogP contribution is -2.37. The summed E-state index contributed by atoms with van der Waals surface area (Å²) in [4.78, 5) is 13.9. The van der Waals surface area contributed by atoms with E-state index in [-0.39, 0.29) is 18.0 Å². The minimum Gasteiger partial charge on any atom is -0.325 e. The van der Waals surface area contributed by atoms with Gasteiger partial charge in [0.2, 0.25) is 15.9 Å². The van der Waals surface area contributed by atoms with Crippen molar-refractivity contribution in [1.82, 2.24) is 4.31 Å². The minimum absolute atomic E-state index is 0.0473. The number of aryl methyl sites for hydroxylation is 1. The van der Waals surface area contributed by atoms with Crippen LogP contribution in [0, 0.1) is 6.92 Å². The molecule has 162 valence electrons. The lowest BCUT2D eigenvalue weighted by molar-refractivity contribution is -0.116. The van der Waals surface area contributed by atoms with Gasteiger partial charge in [-0.05, 0) is 61.2 Å². The van der Waals surface area contributed by atoms with Gasteiger partial charge >= 0.3 is 0 Å². The fourth-order valence-electron chi connectivity index (χ4n) is 2.94. The summed E-state index contributed by atoms with van der Waals surface area (Å²) in [5.41, 5.74) is 2.31. The van der Waals surface area contributed by atoms with Crippen LogP contribution in [0.1, 0.15) is 11.1 Å². The number of carbonyl (C=O) groups excluding carboxylic acids is 1. The van der Waals surface area contributed by atoms with E-state index in [0.29, 0.717) is 10.7 Å². The second-order valence-corrected chi connectivity index (χ2v) is 10.2. The zero-order chi connectivity index (χ0) is 22.4. The van der Waals surface area contributed by atoms with Crippen LogP contribution in [0.25, 0.3) is 0 Å². The highest BCUT2D eigenvalue weighted by molar-refractivity contribution is 7.98. The van der Waals surface area contributed by atoms with Crippen molar-refractivity contribution < 1.29 is 13.2 Å². The SMILES string of the molecule is CSc1cccc(NC(=O)CN(Cc2ccc(Cl)cc2)S(=O)(=O)c2ccc(C)cc2)c1. The van der Waals surface area contributed by atoms with Gasteiger partial charge < -0.3 is 5.32 Å². The van der Waals surface area contributed by atoms with Crippen molar-refractivity contribution in [1.29, 1.82) is 0 Å². The van der Waals surface area contributed by atoms with Crippen LogP contribution in [0.2, 0.25) is 5.02 Å². The molecule has 0 saturated carbocycles. The van der Waals surface area contributed by atoms with Crippen molar-refractivity contribution in [2.45, 2.75) is 23.3 Å². The zero-order valence-electron chi connectivity index (χ0n) is 17.2. The molecule has 8 heteroatoms. The highest BCUT2D eigenvalue weighted by atomic mass is 35.5. The molecule has 3 aromatic carbocycles. The van der Waals surface area contributed by atoms with Crippen molar-refractivity contribution in [3.05, 3.63) is 88.9 Å². The maximum atomic E-state index is 13.3. The first-order valence-corrected chi connectivity index (χ1v) is 12.6. The average molecular weight is 475 g/mol. The fourth-order valence-corrected chi connectivity index (χ4v) is 4.91. The van der Waals surface area contributed by atoms with Crippen molar-refractivity contribution in [2.75, 3.05) is 18.1 Å². The molecule has 31 heavy (non-hydrogen) atoms. The van der Waals surface area contributed by atoms with Gasteiger partial charge in [0.1, 0.15) is 0 Å². The average Bonchev–Trinajstić information content (AvgIpc) is 2.75. The Bertz CT molecular complexity index is 1150. The summed E-state index contributed by atoms with van der Waals surface area (Å²) >= 11 is 7.51. The monoisotopic (exact) mass is 474 g/mol. The first-order valence-electron chi connectivity index (χ1n) is 9.53. The van der Waals surface area contributed by atoms with E-state index < -0.39 is 15.9 Å². The smallest absolute Gasteiger partial charge is 0.243 e. The van der Waals surface area contributed by atoms with Crippen LogP contribution < -0.4 is 5.32 Å². The number of thioether (sulfide) groups is 1. The highest BCUT2D eigenvalue weighted by Crippen LogP contribution is 2.22. The molecule has 5 nitrogen and oxygen atoms in total. The molecule has 0 aliphatic heterocycles. The van der Waals surface area contributed by atoms with Gasteiger partial charge in [-0.25, -0.2) is 8.42 Å². The van der Waals surface area contributed by atoms with Crippen LogP contribution in [0.5, 0.6) is 0 Å². The molecular formula is C23H23ClN2O3S2. The molecule has 0 aliphatic carbocycles. The number of hydrogen-bond donors (Lipinski definition) is 1. The Morgan fingerprint density at radius 1 is 1.03 bits per heavy atom. The molecular weight excluding hydrogens is 452 g/mol. The molecule has 0 aliphatic rings. The molecule has 0 bridgehead atoms. The lowest BCUT2D eigenvalue weighted by Gasteiger charge is -2.22. The van der Waals surface area contributed by atoms with E-state index in [2.05, 4.69) is 5.32 Å². The molecule has 0 atom stereocenters. The Morgan fingerprint density at radius 2 is 1.71 bits per heavy atom. The second kappa shape index (κ2) is 10.3. The summed E-state index contributed by atoms with van der Waals surface area (Å²) in [5, 5.41) is 3.35. The molecule has 3 aromatic rings. The van der Waals surface area contributed by atoms with Gasteiger partial charge in [0.05, 0.1) is 11.4 Å². The van der Waals surface area contributed by atoms with Gasteiger partial charge in [0.15, 0.2) is 0 Å². The third-order valence-corrected chi connectivity index (χ3v) is 7.39. The largest absolute Gasteiger partial charge is 0.325 e. The summed E-state index contributed by atoms with van der Waals surface area (Å²) in [7, 11) is -3.89. The standard InChI is InChI=1S/C23H23ClN2O3S2/c1-17-6-12-22(13-7-17)31(28,29)26(15-18-8-10-19(24)11-9-18)16-23(27)25-20-4-3-5-21(14-20)30-2/h3-14H,15-16H2,1-2H3,(H,25,27). The van der Waals surface area contributed by atoms with E-state index in [1.54, 1.807) is 66.4 Å². The number of sulfonamides is 1. The molecule has 0 spiro atoms. The fraction of sp³-hybridized carbons (Fsp3) is 0.174. The van der Waals surface area contributed by atoms with E-state index in [1.807, 2.05) is 31.4 Å². The van der Waals surface area contributed by atoms with Gasteiger partial charge in [-0.2, -0.15) is 4.31 Å². The third kappa shape index (κ3) is 6.33. The molecule has 0 unspecified atom stereocenters. The number of nitrogens with one attached hydrogen (secondary N) is 1. The maximum Gasteiger partial charge on any atom is 0.243 e. The quantitative estimate of drug-likeness (QED) is 0.455. The number of carbonyl (C=O) groups is 1. The Balaban J connectivity index is 1.86. The number of nitrogens with zero attached hydrogens (tertiary/aromatic N) is 1. The Hall–Kier alpha value is -2.32. The number of hydrogen-bond acceptors (Lipinski definition) is 4. The number of rotatable bonds is 8.